The van der Waals surface area contributed by atoms with Gasteiger partial charge in [0.1, 0.15) is 5.38 Å². The monoisotopic (exact) mass is 441 g/mol. The minimum absolute atomic E-state index is 0.0740. The summed E-state index contributed by atoms with van der Waals surface area (Å²) in [6.07, 6.45) is 4.29. The van der Waals surface area contributed by atoms with E-state index in [2.05, 4.69) is 15.5 Å². The van der Waals surface area contributed by atoms with Gasteiger partial charge in [0.05, 0.1) is 11.7 Å². The molecule has 2 aromatic rings. The molecule has 2 aliphatic heterocycles. The fourth-order valence-electron chi connectivity index (χ4n) is 4.12. The molecule has 2 atom stereocenters. The van der Waals surface area contributed by atoms with Gasteiger partial charge in [0.2, 0.25) is 5.91 Å². The van der Waals surface area contributed by atoms with Gasteiger partial charge in [-0.2, -0.15) is 0 Å². The second-order valence-corrected chi connectivity index (χ2v) is 8.47. The summed E-state index contributed by atoms with van der Waals surface area (Å²) in [6.45, 7) is 3.10. The Labute approximate surface area is 187 Å². The summed E-state index contributed by atoms with van der Waals surface area (Å²) in [7, 11) is 0. The highest BCUT2D eigenvalue weighted by molar-refractivity contribution is 6.32. The molecule has 31 heavy (non-hydrogen) atoms. The minimum Gasteiger partial charge on any atom is -0.376 e. The number of rotatable bonds is 7. The number of nitrogens with zero attached hydrogens (tertiary/aromatic N) is 1. The van der Waals surface area contributed by atoms with Crippen LogP contribution in [0, 0.1) is 0 Å². The van der Waals surface area contributed by atoms with Crippen LogP contribution in [0.2, 0.25) is 0 Å². The molecule has 2 aliphatic rings. The van der Waals surface area contributed by atoms with Crippen LogP contribution < -0.4 is 15.5 Å². The third-order valence-corrected chi connectivity index (χ3v) is 6.24. The van der Waals surface area contributed by atoms with Crippen LogP contribution in [0.3, 0.4) is 0 Å². The average Bonchev–Trinajstić information content (AvgIpc) is 3.52. The molecule has 0 saturated carbocycles. The molecule has 0 radical (unpaired) electrons. The average molecular weight is 442 g/mol. The van der Waals surface area contributed by atoms with Crippen molar-refractivity contribution in [2.75, 3.05) is 36.5 Å². The molecule has 7 heteroatoms. The predicted molar refractivity (Wildman–Crippen MR) is 123 cm³/mol. The molecule has 6 nitrogen and oxygen atoms in total. The van der Waals surface area contributed by atoms with Crippen molar-refractivity contribution in [2.24, 2.45) is 0 Å². The fourth-order valence-corrected chi connectivity index (χ4v) is 4.32. The van der Waals surface area contributed by atoms with Gasteiger partial charge in [-0.3, -0.25) is 9.59 Å². The van der Waals surface area contributed by atoms with Crippen LogP contribution >= 0.6 is 11.6 Å². The molecule has 2 saturated heterocycles. The van der Waals surface area contributed by atoms with Crippen molar-refractivity contribution >= 4 is 34.8 Å². The third kappa shape index (κ3) is 5.38. The normalized spacial score (nSPS) is 19.3. The Balaban J connectivity index is 1.51. The number of nitrogens with one attached hydrogen (secondary N) is 2. The first-order valence-corrected chi connectivity index (χ1v) is 11.3. The molecule has 0 spiro atoms. The van der Waals surface area contributed by atoms with E-state index in [-0.39, 0.29) is 17.9 Å². The summed E-state index contributed by atoms with van der Waals surface area (Å²) in [6, 6.07) is 14.7. The van der Waals surface area contributed by atoms with Gasteiger partial charge in [-0.05, 0) is 49.4 Å². The van der Waals surface area contributed by atoms with Gasteiger partial charge in [-0.25, -0.2) is 0 Å². The molecule has 4 rings (SSSR count). The molecule has 0 bridgehead atoms. The van der Waals surface area contributed by atoms with Gasteiger partial charge >= 0.3 is 0 Å². The number of hydrogen-bond acceptors (Lipinski definition) is 4. The maximum absolute atomic E-state index is 13.0. The van der Waals surface area contributed by atoms with Crippen LogP contribution in [0.5, 0.6) is 0 Å². The van der Waals surface area contributed by atoms with E-state index in [4.69, 9.17) is 16.3 Å². The maximum Gasteiger partial charge on any atom is 0.253 e. The van der Waals surface area contributed by atoms with Crippen LogP contribution in [0.1, 0.15) is 47.0 Å². The molecule has 0 unspecified atom stereocenters. The molecule has 164 valence electrons. The number of ether oxygens (including phenoxy) is 1. The minimum atomic E-state index is -0.809. The van der Waals surface area contributed by atoms with Gasteiger partial charge in [0.15, 0.2) is 0 Å². The van der Waals surface area contributed by atoms with Crippen molar-refractivity contribution in [3.05, 3.63) is 59.7 Å². The van der Waals surface area contributed by atoms with E-state index in [1.807, 2.05) is 42.5 Å². The van der Waals surface area contributed by atoms with E-state index < -0.39 is 5.38 Å². The van der Waals surface area contributed by atoms with Crippen LogP contribution in [0.25, 0.3) is 0 Å². The lowest BCUT2D eigenvalue weighted by Crippen LogP contribution is -2.33. The van der Waals surface area contributed by atoms with Crippen LogP contribution in [0.4, 0.5) is 11.4 Å². The Bertz CT molecular complexity index is 910. The van der Waals surface area contributed by atoms with E-state index in [0.717, 1.165) is 56.6 Å². The molecule has 0 aromatic heterocycles. The maximum atomic E-state index is 13.0. The summed E-state index contributed by atoms with van der Waals surface area (Å²) < 4.78 is 5.62. The Morgan fingerprint density at radius 3 is 2.58 bits per heavy atom. The summed E-state index contributed by atoms with van der Waals surface area (Å²) in [5, 5.41) is 5.05. The largest absolute Gasteiger partial charge is 0.376 e. The number of halogens is 1. The van der Waals surface area contributed by atoms with Crippen molar-refractivity contribution in [1.82, 2.24) is 5.32 Å². The van der Waals surface area contributed by atoms with Crippen LogP contribution in [-0.2, 0) is 9.53 Å². The van der Waals surface area contributed by atoms with E-state index in [0.29, 0.717) is 17.8 Å². The zero-order chi connectivity index (χ0) is 21.6. The highest BCUT2D eigenvalue weighted by Crippen LogP contribution is 2.29. The van der Waals surface area contributed by atoms with Crippen LogP contribution in [-0.4, -0.2) is 44.2 Å². The first-order valence-electron chi connectivity index (χ1n) is 10.9. The molecule has 2 aromatic carbocycles. The number of hydrogen-bond donors (Lipinski definition) is 2. The quantitative estimate of drug-likeness (QED) is 0.634. The standard InChI is InChI=1S/C24H28ClN3O3/c25-22(17-7-2-1-3-8-17)24(30)27-18-10-11-21(28-12-4-5-13-28)20(15-18)23(29)26-16-19-9-6-14-31-19/h1-3,7-8,10-11,15,19,22H,4-6,9,12-14,16H2,(H,26,29)(H,27,30)/t19-,22+/m0/s1. The van der Waals surface area contributed by atoms with E-state index >= 15 is 0 Å². The van der Waals surface area contributed by atoms with Gasteiger partial charge in [0, 0.05) is 37.6 Å². The SMILES string of the molecule is O=C(NC[C@@H]1CCCO1)c1cc(NC(=O)[C@H](Cl)c2ccccc2)ccc1N1CCCC1. The highest BCUT2D eigenvalue weighted by atomic mass is 35.5. The first kappa shape index (κ1) is 21.7. The molecular formula is C24H28ClN3O3. The summed E-state index contributed by atoms with van der Waals surface area (Å²) in [4.78, 5) is 27.9. The lowest BCUT2D eigenvalue weighted by molar-refractivity contribution is -0.116. The first-order chi connectivity index (χ1) is 15.1. The van der Waals surface area contributed by atoms with Gasteiger partial charge in [-0.15, -0.1) is 11.6 Å². The smallest absolute Gasteiger partial charge is 0.253 e. The molecule has 2 fully saturated rings. The number of amides is 2. The summed E-state index contributed by atoms with van der Waals surface area (Å²) >= 11 is 6.35. The van der Waals surface area contributed by atoms with Crippen molar-refractivity contribution in [3.8, 4) is 0 Å². The molecule has 2 amide bonds. The van der Waals surface area contributed by atoms with Crippen molar-refractivity contribution in [3.63, 3.8) is 0 Å². The fraction of sp³-hybridized carbons (Fsp3) is 0.417. The Hall–Kier alpha value is -2.57. The Morgan fingerprint density at radius 2 is 1.87 bits per heavy atom. The summed E-state index contributed by atoms with van der Waals surface area (Å²) in [5.74, 6) is -0.480. The van der Waals surface area contributed by atoms with Gasteiger partial charge < -0.3 is 20.3 Å². The van der Waals surface area contributed by atoms with E-state index in [1.165, 1.54) is 0 Å². The van der Waals surface area contributed by atoms with Gasteiger partial charge in [0.25, 0.3) is 5.91 Å². The zero-order valence-electron chi connectivity index (χ0n) is 17.5. The van der Waals surface area contributed by atoms with Crippen molar-refractivity contribution in [2.45, 2.75) is 37.2 Å². The van der Waals surface area contributed by atoms with E-state index in [1.54, 1.807) is 6.07 Å². The van der Waals surface area contributed by atoms with Crippen LogP contribution in [0.15, 0.2) is 48.5 Å². The number of benzene rings is 2. The molecular weight excluding hydrogens is 414 g/mol. The number of anilines is 2. The predicted octanol–water partition coefficient (Wildman–Crippen LogP) is 4.11. The van der Waals surface area contributed by atoms with Gasteiger partial charge in [-0.1, -0.05) is 30.3 Å². The van der Waals surface area contributed by atoms with Crippen molar-refractivity contribution < 1.29 is 14.3 Å². The molecule has 2 heterocycles. The second kappa shape index (κ2) is 10.2. The highest BCUT2D eigenvalue weighted by Gasteiger charge is 2.23. The third-order valence-electron chi connectivity index (χ3n) is 5.79. The number of carbonyl (C=O) groups is 2. The lowest BCUT2D eigenvalue weighted by atomic mass is 10.1. The topological polar surface area (TPSA) is 70.7 Å². The van der Waals surface area contributed by atoms with Crippen molar-refractivity contribution in [1.29, 1.82) is 0 Å². The number of alkyl halides is 1. The molecule has 2 N–H and O–H groups in total. The lowest BCUT2D eigenvalue weighted by Gasteiger charge is -2.22. The zero-order valence-corrected chi connectivity index (χ0v) is 18.2. The Morgan fingerprint density at radius 1 is 1.10 bits per heavy atom. The molecule has 0 aliphatic carbocycles. The van der Waals surface area contributed by atoms with E-state index in [9.17, 15) is 9.59 Å². The second-order valence-electron chi connectivity index (χ2n) is 8.03. The summed E-state index contributed by atoms with van der Waals surface area (Å²) in [5.41, 5.74) is 2.73. The Kier molecular flexibility index (Phi) is 7.10. The number of carbonyl (C=O) groups excluding carboxylic acids is 2.